The fourth-order valence-electron chi connectivity index (χ4n) is 3.33. The maximum Gasteiger partial charge on any atom is 0.00785 e. The van der Waals surface area contributed by atoms with Crippen molar-refractivity contribution in [3.8, 4) is 0 Å². The summed E-state index contributed by atoms with van der Waals surface area (Å²) in [6.07, 6.45) is 11.3. The lowest BCUT2D eigenvalue weighted by atomic mass is 9.95. The van der Waals surface area contributed by atoms with Crippen LogP contribution in [0.2, 0.25) is 0 Å². The molecule has 2 aliphatic rings. The third kappa shape index (κ3) is 2.77. The molecule has 3 rings (SSSR count). The van der Waals surface area contributed by atoms with Crippen molar-refractivity contribution in [2.75, 3.05) is 6.54 Å². The predicted octanol–water partition coefficient (Wildman–Crippen LogP) is 4.03. The van der Waals surface area contributed by atoms with Gasteiger partial charge in [-0.15, -0.1) is 0 Å². The van der Waals surface area contributed by atoms with Crippen LogP contribution in [0.1, 0.15) is 56.9 Å². The topological polar surface area (TPSA) is 12.0 Å². The van der Waals surface area contributed by atoms with Gasteiger partial charge in [0, 0.05) is 18.0 Å². The molecule has 0 amide bonds. The number of nitrogens with one attached hydrogen (secondary N) is 1. The van der Waals surface area contributed by atoms with Crippen LogP contribution in [0.15, 0.2) is 30.3 Å². The molecular formula is C17H25N. The molecule has 2 saturated carbocycles. The van der Waals surface area contributed by atoms with E-state index in [4.69, 9.17) is 0 Å². The Morgan fingerprint density at radius 1 is 0.944 bits per heavy atom. The standard InChI is InChI=1S/C17H25N/c1-2-7-11-16(10-6-1)18-14-17(12-13-17)15-8-4-3-5-9-15/h3-5,8-9,16,18H,1-2,6-7,10-14H2. The second kappa shape index (κ2) is 5.44. The minimum atomic E-state index is 0.480. The highest BCUT2D eigenvalue weighted by Crippen LogP contribution is 2.47. The van der Waals surface area contributed by atoms with Gasteiger partial charge in [0.25, 0.3) is 0 Å². The summed E-state index contributed by atoms with van der Waals surface area (Å²) >= 11 is 0. The number of rotatable bonds is 4. The average Bonchev–Trinajstić information content (AvgIpc) is 3.23. The van der Waals surface area contributed by atoms with Gasteiger partial charge in [-0.05, 0) is 31.2 Å². The summed E-state index contributed by atoms with van der Waals surface area (Å²) in [5.74, 6) is 0. The third-order valence-corrected chi connectivity index (χ3v) is 4.82. The quantitative estimate of drug-likeness (QED) is 0.787. The van der Waals surface area contributed by atoms with Crippen molar-refractivity contribution in [2.45, 2.75) is 62.8 Å². The minimum Gasteiger partial charge on any atom is -0.313 e. The van der Waals surface area contributed by atoms with Crippen LogP contribution < -0.4 is 5.32 Å². The molecular weight excluding hydrogens is 218 g/mol. The second-order valence-corrected chi connectivity index (χ2v) is 6.22. The van der Waals surface area contributed by atoms with Gasteiger partial charge in [0.1, 0.15) is 0 Å². The van der Waals surface area contributed by atoms with E-state index < -0.39 is 0 Å². The molecule has 2 fully saturated rings. The Morgan fingerprint density at radius 2 is 1.61 bits per heavy atom. The molecule has 0 radical (unpaired) electrons. The van der Waals surface area contributed by atoms with Gasteiger partial charge in [-0.25, -0.2) is 0 Å². The van der Waals surface area contributed by atoms with Crippen LogP contribution in [0.3, 0.4) is 0 Å². The number of hydrogen-bond acceptors (Lipinski definition) is 1. The molecule has 0 aliphatic heterocycles. The Morgan fingerprint density at radius 3 is 2.22 bits per heavy atom. The monoisotopic (exact) mass is 243 g/mol. The van der Waals surface area contributed by atoms with E-state index in [0.29, 0.717) is 5.41 Å². The SMILES string of the molecule is c1ccc(C2(CNC3CCCCCC3)CC2)cc1. The lowest BCUT2D eigenvalue weighted by Gasteiger charge is -2.22. The molecule has 1 heteroatoms. The van der Waals surface area contributed by atoms with Gasteiger partial charge in [-0.3, -0.25) is 0 Å². The van der Waals surface area contributed by atoms with Crippen LogP contribution >= 0.6 is 0 Å². The first kappa shape index (κ1) is 12.2. The van der Waals surface area contributed by atoms with E-state index in [-0.39, 0.29) is 0 Å². The highest BCUT2D eigenvalue weighted by atomic mass is 14.9. The number of hydrogen-bond donors (Lipinski definition) is 1. The van der Waals surface area contributed by atoms with Gasteiger partial charge < -0.3 is 5.32 Å². The first-order valence-electron chi connectivity index (χ1n) is 7.68. The zero-order valence-electron chi connectivity index (χ0n) is 11.3. The predicted molar refractivity (Wildman–Crippen MR) is 76.8 cm³/mol. The smallest absolute Gasteiger partial charge is 0.00785 e. The van der Waals surface area contributed by atoms with Crippen LogP contribution in [0.4, 0.5) is 0 Å². The second-order valence-electron chi connectivity index (χ2n) is 6.22. The van der Waals surface area contributed by atoms with E-state index in [1.54, 1.807) is 5.56 Å². The zero-order chi connectivity index (χ0) is 12.3. The van der Waals surface area contributed by atoms with E-state index >= 15 is 0 Å². The first-order chi connectivity index (χ1) is 8.89. The molecule has 0 heterocycles. The lowest BCUT2D eigenvalue weighted by Crippen LogP contribution is -2.35. The van der Waals surface area contributed by atoms with Gasteiger partial charge in [0.15, 0.2) is 0 Å². The van der Waals surface area contributed by atoms with E-state index in [0.717, 1.165) is 6.04 Å². The highest BCUT2D eigenvalue weighted by Gasteiger charge is 2.43. The van der Waals surface area contributed by atoms with E-state index in [2.05, 4.69) is 35.6 Å². The molecule has 1 nitrogen and oxygen atoms in total. The summed E-state index contributed by atoms with van der Waals surface area (Å²) in [5, 5.41) is 3.86. The van der Waals surface area contributed by atoms with Crippen LogP contribution in [-0.4, -0.2) is 12.6 Å². The van der Waals surface area contributed by atoms with Gasteiger partial charge in [0.05, 0.1) is 0 Å². The van der Waals surface area contributed by atoms with Crippen molar-refractivity contribution < 1.29 is 0 Å². The van der Waals surface area contributed by atoms with Crippen LogP contribution in [-0.2, 0) is 5.41 Å². The Kier molecular flexibility index (Phi) is 3.69. The van der Waals surface area contributed by atoms with E-state index in [1.165, 1.54) is 57.9 Å². The molecule has 1 aromatic carbocycles. The molecule has 1 N–H and O–H groups in total. The maximum atomic E-state index is 3.86. The van der Waals surface area contributed by atoms with Crippen molar-refractivity contribution in [3.05, 3.63) is 35.9 Å². The molecule has 0 bridgehead atoms. The van der Waals surface area contributed by atoms with Crippen molar-refractivity contribution in [1.29, 1.82) is 0 Å². The van der Waals surface area contributed by atoms with Crippen molar-refractivity contribution in [1.82, 2.24) is 5.32 Å². The molecule has 98 valence electrons. The van der Waals surface area contributed by atoms with Gasteiger partial charge in [0.2, 0.25) is 0 Å². The highest BCUT2D eigenvalue weighted by molar-refractivity contribution is 5.31. The van der Waals surface area contributed by atoms with Gasteiger partial charge in [-0.2, -0.15) is 0 Å². The summed E-state index contributed by atoms with van der Waals surface area (Å²) in [5.41, 5.74) is 2.03. The Balaban J connectivity index is 1.56. The van der Waals surface area contributed by atoms with Crippen molar-refractivity contribution in [2.24, 2.45) is 0 Å². The summed E-state index contributed by atoms with van der Waals surface area (Å²) in [6, 6.07) is 11.9. The summed E-state index contributed by atoms with van der Waals surface area (Å²) in [6.45, 7) is 1.20. The fourth-order valence-corrected chi connectivity index (χ4v) is 3.33. The molecule has 0 saturated heterocycles. The van der Waals surface area contributed by atoms with E-state index in [1.807, 2.05) is 0 Å². The van der Waals surface area contributed by atoms with Gasteiger partial charge in [-0.1, -0.05) is 56.0 Å². The summed E-state index contributed by atoms with van der Waals surface area (Å²) < 4.78 is 0. The summed E-state index contributed by atoms with van der Waals surface area (Å²) in [7, 11) is 0. The van der Waals surface area contributed by atoms with Crippen LogP contribution in [0.25, 0.3) is 0 Å². The Bertz CT molecular complexity index is 358. The van der Waals surface area contributed by atoms with Crippen molar-refractivity contribution >= 4 is 0 Å². The number of benzene rings is 1. The largest absolute Gasteiger partial charge is 0.313 e. The first-order valence-corrected chi connectivity index (χ1v) is 7.68. The molecule has 0 unspecified atom stereocenters. The molecule has 0 atom stereocenters. The van der Waals surface area contributed by atoms with Crippen molar-refractivity contribution in [3.63, 3.8) is 0 Å². The minimum absolute atomic E-state index is 0.480. The normalized spacial score (nSPS) is 23.6. The molecule has 18 heavy (non-hydrogen) atoms. The maximum absolute atomic E-state index is 3.86. The molecule has 0 spiro atoms. The summed E-state index contributed by atoms with van der Waals surface area (Å²) in [4.78, 5) is 0. The fraction of sp³-hybridized carbons (Fsp3) is 0.647. The van der Waals surface area contributed by atoms with Gasteiger partial charge >= 0.3 is 0 Å². The third-order valence-electron chi connectivity index (χ3n) is 4.82. The van der Waals surface area contributed by atoms with Crippen LogP contribution in [0.5, 0.6) is 0 Å². The molecule has 2 aliphatic carbocycles. The van der Waals surface area contributed by atoms with Crippen LogP contribution in [0, 0.1) is 0 Å². The lowest BCUT2D eigenvalue weighted by molar-refractivity contribution is 0.432. The average molecular weight is 243 g/mol. The molecule has 0 aromatic heterocycles. The van der Waals surface area contributed by atoms with E-state index in [9.17, 15) is 0 Å². The Labute approximate surface area is 111 Å². The zero-order valence-corrected chi connectivity index (χ0v) is 11.3. The Hall–Kier alpha value is -0.820. The molecule has 1 aromatic rings.